The average Bonchev–Trinajstić information content (AvgIpc) is 2.96. The van der Waals surface area contributed by atoms with Crippen molar-refractivity contribution in [1.29, 1.82) is 0 Å². The molecular formula is C11H23NO2. The molecule has 1 aliphatic rings. The quantitative estimate of drug-likeness (QED) is 0.572. The highest BCUT2D eigenvalue weighted by Gasteiger charge is 2.41. The van der Waals surface area contributed by atoms with Gasteiger partial charge in [0.15, 0.2) is 0 Å². The van der Waals surface area contributed by atoms with Crippen molar-refractivity contribution in [2.75, 3.05) is 40.0 Å². The number of ether oxygens (including phenoxy) is 2. The molecule has 0 unspecified atom stereocenters. The summed E-state index contributed by atoms with van der Waals surface area (Å²) in [6, 6.07) is 0. The molecule has 0 bridgehead atoms. The molecule has 0 spiro atoms. The predicted molar refractivity (Wildman–Crippen MR) is 57.5 cm³/mol. The standard InChI is InChI=1S/C11H23NO2/c1-3-12-10-11(4-5-11)6-7-14-9-8-13-2/h12H,3-10H2,1-2H3. The van der Waals surface area contributed by atoms with Gasteiger partial charge in [0.2, 0.25) is 0 Å². The minimum atomic E-state index is 0.573. The Morgan fingerprint density at radius 2 is 2.00 bits per heavy atom. The molecule has 0 aromatic carbocycles. The Bertz CT molecular complexity index is 146. The first-order valence-electron chi connectivity index (χ1n) is 5.60. The van der Waals surface area contributed by atoms with Gasteiger partial charge in [-0.15, -0.1) is 0 Å². The summed E-state index contributed by atoms with van der Waals surface area (Å²) in [5.41, 5.74) is 0.573. The Labute approximate surface area is 87.2 Å². The Morgan fingerprint density at radius 1 is 1.21 bits per heavy atom. The number of rotatable bonds is 9. The molecule has 0 saturated heterocycles. The molecule has 0 atom stereocenters. The second-order valence-corrected chi connectivity index (χ2v) is 4.14. The van der Waals surface area contributed by atoms with Gasteiger partial charge in [-0.05, 0) is 31.2 Å². The van der Waals surface area contributed by atoms with E-state index in [-0.39, 0.29) is 0 Å². The van der Waals surface area contributed by atoms with Gasteiger partial charge in [-0.3, -0.25) is 0 Å². The molecule has 14 heavy (non-hydrogen) atoms. The fraction of sp³-hybridized carbons (Fsp3) is 1.00. The predicted octanol–water partition coefficient (Wildman–Crippen LogP) is 1.43. The second kappa shape index (κ2) is 6.38. The number of hydrogen-bond donors (Lipinski definition) is 1. The lowest BCUT2D eigenvalue weighted by atomic mass is 10.0. The maximum absolute atomic E-state index is 5.48. The van der Waals surface area contributed by atoms with E-state index in [1.807, 2.05) is 0 Å². The van der Waals surface area contributed by atoms with Crippen LogP contribution in [0, 0.1) is 5.41 Å². The van der Waals surface area contributed by atoms with Gasteiger partial charge in [0.25, 0.3) is 0 Å². The van der Waals surface area contributed by atoms with Crippen LogP contribution in [0.2, 0.25) is 0 Å². The smallest absolute Gasteiger partial charge is 0.0700 e. The normalized spacial score (nSPS) is 18.4. The first-order valence-corrected chi connectivity index (χ1v) is 5.60. The molecule has 0 aliphatic heterocycles. The van der Waals surface area contributed by atoms with E-state index < -0.39 is 0 Å². The zero-order chi connectivity index (χ0) is 10.3. The summed E-state index contributed by atoms with van der Waals surface area (Å²) in [4.78, 5) is 0. The van der Waals surface area contributed by atoms with Crippen LogP contribution in [0.15, 0.2) is 0 Å². The van der Waals surface area contributed by atoms with E-state index in [1.165, 1.54) is 19.3 Å². The van der Waals surface area contributed by atoms with Gasteiger partial charge in [-0.1, -0.05) is 6.92 Å². The van der Waals surface area contributed by atoms with Crippen LogP contribution in [0.25, 0.3) is 0 Å². The van der Waals surface area contributed by atoms with Crippen molar-refractivity contribution in [2.45, 2.75) is 26.2 Å². The largest absolute Gasteiger partial charge is 0.382 e. The van der Waals surface area contributed by atoms with Gasteiger partial charge in [-0.2, -0.15) is 0 Å². The molecule has 1 N–H and O–H groups in total. The van der Waals surface area contributed by atoms with Gasteiger partial charge in [0.05, 0.1) is 13.2 Å². The summed E-state index contributed by atoms with van der Waals surface area (Å²) in [5.74, 6) is 0. The lowest BCUT2D eigenvalue weighted by molar-refractivity contribution is 0.0619. The zero-order valence-corrected chi connectivity index (χ0v) is 9.47. The van der Waals surface area contributed by atoms with Crippen molar-refractivity contribution >= 4 is 0 Å². The van der Waals surface area contributed by atoms with Crippen molar-refractivity contribution in [1.82, 2.24) is 5.32 Å². The number of nitrogens with one attached hydrogen (secondary N) is 1. The van der Waals surface area contributed by atoms with Crippen molar-refractivity contribution in [2.24, 2.45) is 5.41 Å². The summed E-state index contributed by atoms with van der Waals surface area (Å²) >= 11 is 0. The van der Waals surface area contributed by atoms with Gasteiger partial charge >= 0.3 is 0 Å². The van der Waals surface area contributed by atoms with Crippen LogP contribution in [-0.4, -0.2) is 40.0 Å². The molecule has 1 rings (SSSR count). The molecule has 1 aliphatic carbocycles. The first-order chi connectivity index (χ1) is 6.83. The van der Waals surface area contributed by atoms with Crippen LogP contribution in [0.5, 0.6) is 0 Å². The minimum Gasteiger partial charge on any atom is -0.382 e. The molecule has 0 aromatic heterocycles. The lowest BCUT2D eigenvalue weighted by Gasteiger charge is -2.15. The van der Waals surface area contributed by atoms with Crippen molar-refractivity contribution in [3.05, 3.63) is 0 Å². The maximum Gasteiger partial charge on any atom is 0.0700 e. The Morgan fingerprint density at radius 3 is 2.57 bits per heavy atom. The molecule has 0 aromatic rings. The van der Waals surface area contributed by atoms with Crippen LogP contribution < -0.4 is 5.32 Å². The van der Waals surface area contributed by atoms with Gasteiger partial charge < -0.3 is 14.8 Å². The maximum atomic E-state index is 5.48. The van der Waals surface area contributed by atoms with E-state index in [4.69, 9.17) is 9.47 Å². The Kier molecular flexibility index (Phi) is 5.45. The summed E-state index contributed by atoms with van der Waals surface area (Å²) in [6.07, 6.45) is 3.94. The lowest BCUT2D eigenvalue weighted by Crippen LogP contribution is -2.24. The molecule has 1 fully saturated rings. The van der Waals surface area contributed by atoms with Crippen LogP contribution in [0.3, 0.4) is 0 Å². The summed E-state index contributed by atoms with van der Waals surface area (Å²) in [5, 5.41) is 3.42. The van der Waals surface area contributed by atoms with E-state index in [2.05, 4.69) is 12.2 Å². The average molecular weight is 201 g/mol. The number of methoxy groups -OCH3 is 1. The van der Waals surface area contributed by atoms with E-state index in [9.17, 15) is 0 Å². The van der Waals surface area contributed by atoms with Crippen molar-refractivity contribution in [3.8, 4) is 0 Å². The third kappa shape index (κ3) is 4.40. The molecule has 1 saturated carbocycles. The fourth-order valence-electron chi connectivity index (χ4n) is 1.62. The summed E-state index contributed by atoms with van der Waals surface area (Å²) in [6.45, 7) is 6.72. The Hall–Kier alpha value is -0.120. The molecule has 3 nitrogen and oxygen atoms in total. The van der Waals surface area contributed by atoms with Gasteiger partial charge in [0.1, 0.15) is 0 Å². The van der Waals surface area contributed by atoms with Crippen molar-refractivity contribution < 1.29 is 9.47 Å². The third-order valence-corrected chi connectivity index (χ3v) is 2.92. The third-order valence-electron chi connectivity index (χ3n) is 2.92. The highest BCUT2D eigenvalue weighted by Crippen LogP contribution is 2.48. The highest BCUT2D eigenvalue weighted by atomic mass is 16.5. The molecule has 0 radical (unpaired) electrons. The zero-order valence-electron chi connectivity index (χ0n) is 9.47. The van der Waals surface area contributed by atoms with E-state index in [1.54, 1.807) is 7.11 Å². The van der Waals surface area contributed by atoms with Crippen molar-refractivity contribution in [3.63, 3.8) is 0 Å². The minimum absolute atomic E-state index is 0.573. The first kappa shape index (κ1) is 12.0. The molecular weight excluding hydrogens is 178 g/mol. The Balaban J connectivity index is 1.94. The van der Waals surface area contributed by atoms with E-state index in [0.29, 0.717) is 12.0 Å². The number of hydrogen-bond acceptors (Lipinski definition) is 3. The second-order valence-electron chi connectivity index (χ2n) is 4.14. The highest BCUT2D eigenvalue weighted by molar-refractivity contribution is 4.94. The SMILES string of the molecule is CCNCC1(CCOCCOC)CC1. The van der Waals surface area contributed by atoms with E-state index >= 15 is 0 Å². The van der Waals surface area contributed by atoms with Crippen LogP contribution in [-0.2, 0) is 9.47 Å². The molecule has 0 heterocycles. The summed E-state index contributed by atoms with van der Waals surface area (Å²) < 4.78 is 10.4. The van der Waals surface area contributed by atoms with Crippen LogP contribution in [0.1, 0.15) is 26.2 Å². The van der Waals surface area contributed by atoms with Gasteiger partial charge in [-0.25, -0.2) is 0 Å². The molecule has 84 valence electrons. The van der Waals surface area contributed by atoms with Gasteiger partial charge in [0, 0.05) is 20.3 Å². The van der Waals surface area contributed by atoms with E-state index in [0.717, 1.165) is 26.3 Å². The monoisotopic (exact) mass is 201 g/mol. The topological polar surface area (TPSA) is 30.5 Å². The summed E-state index contributed by atoms with van der Waals surface area (Å²) in [7, 11) is 1.71. The van der Waals surface area contributed by atoms with Crippen LogP contribution >= 0.6 is 0 Å². The fourth-order valence-corrected chi connectivity index (χ4v) is 1.62. The van der Waals surface area contributed by atoms with Crippen LogP contribution in [0.4, 0.5) is 0 Å². The molecule has 0 amide bonds. The molecule has 3 heteroatoms.